The highest BCUT2D eigenvalue weighted by molar-refractivity contribution is 6.02. The van der Waals surface area contributed by atoms with Crippen molar-refractivity contribution in [3.8, 4) is 11.8 Å². The topological polar surface area (TPSA) is 127 Å². The molecule has 3 fully saturated rings. The maximum Gasteiger partial charge on any atom is 0.271 e. The third kappa shape index (κ3) is 4.52. The molecule has 9 nitrogen and oxygen atoms in total. The third-order valence-corrected chi connectivity index (χ3v) is 8.22. The summed E-state index contributed by atoms with van der Waals surface area (Å²) in [6, 6.07) is 8.10. The molecule has 2 saturated heterocycles. The number of carbonyl (C=O) groups is 3. The summed E-state index contributed by atoms with van der Waals surface area (Å²) in [5, 5.41) is 16.1. The van der Waals surface area contributed by atoms with Crippen LogP contribution in [0.25, 0.3) is 10.9 Å². The maximum absolute atomic E-state index is 13.8. The molecule has 1 aromatic carbocycles. The van der Waals surface area contributed by atoms with Crippen molar-refractivity contribution in [2.45, 2.75) is 63.5 Å². The van der Waals surface area contributed by atoms with Crippen molar-refractivity contribution in [1.29, 1.82) is 5.26 Å². The Morgan fingerprint density at radius 3 is 2.81 bits per heavy atom. The van der Waals surface area contributed by atoms with Gasteiger partial charge in [-0.2, -0.15) is 5.26 Å². The molecule has 36 heavy (non-hydrogen) atoms. The van der Waals surface area contributed by atoms with Gasteiger partial charge >= 0.3 is 0 Å². The van der Waals surface area contributed by atoms with Crippen molar-refractivity contribution in [3.05, 3.63) is 30.0 Å². The molecule has 2 aliphatic heterocycles. The van der Waals surface area contributed by atoms with Crippen molar-refractivity contribution < 1.29 is 19.1 Å². The molecule has 2 aromatic rings. The molecule has 3 N–H and O–H groups in total. The monoisotopic (exact) mass is 491 g/mol. The molecular weight excluding hydrogens is 458 g/mol. The molecule has 1 spiro atoms. The zero-order valence-corrected chi connectivity index (χ0v) is 20.6. The number of nitrogens with zero attached hydrogens (tertiary/aromatic N) is 2. The van der Waals surface area contributed by atoms with Crippen LogP contribution >= 0.6 is 0 Å². The largest absolute Gasteiger partial charge is 0.496 e. The fourth-order valence-corrected chi connectivity index (χ4v) is 6.31. The highest BCUT2D eigenvalue weighted by atomic mass is 16.5. The van der Waals surface area contributed by atoms with E-state index in [1.807, 2.05) is 18.2 Å². The molecule has 2 unspecified atom stereocenters. The number of likely N-dealkylation sites (tertiary alicyclic amines) is 1. The van der Waals surface area contributed by atoms with E-state index in [9.17, 15) is 19.6 Å². The number of carbonyl (C=O) groups excluding carboxylic acids is 3. The summed E-state index contributed by atoms with van der Waals surface area (Å²) < 4.78 is 5.45. The zero-order chi connectivity index (χ0) is 25.3. The molecule has 1 aliphatic carbocycles. The molecular formula is C27H33N5O4. The van der Waals surface area contributed by atoms with Crippen LogP contribution < -0.4 is 15.4 Å². The highest BCUT2D eigenvalue weighted by Gasteiger charge is 2.49. The predicted octanol–water partition coefficient (Wildman–Crippen LogP) is 2.88. The van der Waals surface area contributed by atoms with Crippen molar-refractivity contribution >= 4 is 28.6 Å². The Labute approximate surface area is 210 Å². The van der Waals surface area contributed by atoms with E-state index in [1.54, 1.807) is 18.1 Å². The number of amides is 3. The minimum absolute atomic E-state index is 0.0717. The molecule has 1 saturated carbocycles. The van der Waals surface area contributed by atoms with Gasteiger partial charge in [0.2, 0.25) is 11.8 Å². The van der Waals surface area contributed by atoms with Crippen LogP contribution in [0.15, 0.2) is 24.3 Å². The summed E-state index contributed by atoms with van der Waals surface area (Å²) in [5.41, 5.74) is 1.14. The molecule has 9 heteroatoms. The average molecular weight is 492 g/mol. The Balaban J connectivity index is 1.39. The molecule has 3 atom stereocenters. The quantitative estimate of drug-likeness (QED) is 0.573. The van der Waals surface area contributed by atoms with Gasteiger partial charge < -0.3 is 25.3 Å². The van der Waals surface area contributed by atoms with Gasteiger partial charge in [-0.1, -0.05) is 25.3 Å². The first-order valence-electron chi connectivity index (χ1n) is 12.9. The van der Waals surface area contributed by atoms with E-state index < -0.39 is 12.1 Å². The van der Waals surface area contributed by atoms with Crippen LogP contribution in [-0.2, 0) is 9.59 Å². The van der Waals surface area contributed by atoms with Gasteiger partial charge in [-0.05, 0) is 55.7 Å². The summed E-state index contributed by atoms with van der Waals surface area (Å²) >= 11 is 0. The molecule has 3 aliphatic rings. The van der Waals surface area contributed by atoms with Gasteiger partial charge in [0.15, 0.2) is 0 Å². The number of rotatable bonds is 6. The van der Waals surface area contributed by atoms with E-state index in [0.717, 1.165) is 36.6 Å². The second-order valence-electron chi connectivity index (χ2n) is 10.5. The summed E-state index contributed by atoms with van der Waals surface area (Å²) in [6.45, 7) is 1.12. The summed E-state index contributed by atoms with van der Waals surface area (Å²) in [7, 11) is 1.59. The number of fused-ring (bicyclic) bond motifs is 1. The van der Waals surface area contributed by atoms with Crippen LogP contribution in [-0.4, -0.2) is 59.9 Å². The number of nitriles is 1. The number of hydrogen-bond donors (Lipinski definition) is 3. The lowest BCUT2D eigenvalue weighted by molar-refractivity contribution is -0.126. The Bertz CT molecular complexity index is 1210. The van der Waals surface area contributed by atoms with Gasteiger partial charge in [0.1, 0.15) is 23.5 Å². The molecule has 3 heterocycles. The zero-order valence-electron chi connectivity index (χ0n) is 20.6. The van der Waals surface area contributed by atoms with Crippen molar-refractivity contribution in [2.24, 2.45) is 11.3 Å². The van der Waals surface area contributed by atoms with Gasteiger partial charge in [0, 0.05) is 29.9 Å². The molecule has 5 rings (SSSR count). The Morgan fingerprint density at radius 2 is 2.11 bits per heavy atom. The first kappa shape index (κ1) is 24.2. The van der Waals surface area contributed by atoms with Gasteiger partial charge in [-0.15, -0.1) is 0 Å². The van der Waals surface area contributed by atoms with Crippen molar-refractivity contribution in [3.63, 3.8) is 0 Å². The molecule has 0 radical (unpaired) electrons. The fourth-order valence-electron chi connectivity index (χ4n) is 6.31. The number of benzene rings is 1. The summed E-state index contributed by atoms with van der Waals surface area (Å²) in [5.74, 6) is -0.209. The molecule has 3 amide bonds. The lowest BCUT2D eigenvalue weighted by Gasteiger charge is -2.32. The van der Waals surface area contributed by atoms with Gasteiger partial charge in [0.25, 0.3) is 5.91 Å². The number of hydrogen-bond acceptors (Lipinski definition) is 5. The van der Waals surface area contributed by atoms with E-state index in [2.05, 4.69) is 21.7 Å². The molecule has 1 aromatic heterocycles. The first-order valence-corrected chi connectivity index (χ1v) is 12.9. The number of aromatic amines is 1. The first-order chi connectivity index (χ1) is 17.4. The summed E-state index contributed by atoms with van der Waals surface area (Å²) in [4.78, 5) is 44.2. The minimum atomic E-state index is -0.774. The predicted molar refractivity (Wildman–Crippen MR) is 133 cm³/mol. The van der Waals surface area contributed by atoms with Crippen LogP contribution in [0.1, 0.15) is 61.9 Å². The van der Waals surface area contributed by atoms with Gasteiger partial charge in [-0.25, -0.2) is 0 Å². The maximum atomic E-state index is 13.8. The van der Waals surface area contributed by atoms with Crippen LogP contribution in [0.2, 0.25) is 0 Å². The summed E-state index contributed by atoms with van der Waals surface area (Å²) in [6.07, 6.45) is 6.88. The van der Waals surface area contributed by atoms with E-state index >= 15 is 0 Å². The van der Waals surface area contributed by atoms with Gasteiger partial charge in [-0.3, -0.25) is 14.4 Å². The standard InChI is InChI=1S/C27H33N5O4/c1-36-23-7-5-6-20-19(23)13-21(31-20)26(35)32-16-27(9-3-2-4-10-27)14-22(32)25(34)30-18(15-28)12-17-8-11-29-24(17)33/h5-7,13,17-18,22,31H,2-4,8-12,14,16H2,1H3,(H,29,33)(H,30,34)/t17?,18-,22?/m0/s1. The smallest absolute Gasteiger partial charge is 0.271 e. The number of nitrogens with one attached hydrogen (secondary N) is 3. The van der Waals surface area contributed by atoms with Crippen molar-refractivity contribution in [2.75, 3.05) is 20.2 Å². The average Bonchev–Trinajstić information content (AvgIpc) is 3.60. The number of ether oxygens (including phenoxy) is 1. The highest BCUT2D eigenvalue weighted by Crippen LogP contribution is 2.47. The lowest BCUT2D eigenvalue weighted by atomic mass is 9.72. The normalized spacial score (nSPS) is 23.9. The van der Waals surface area contributed by atoms with Crippen LogP contribution in [0, 0.1) is 22.7 Å². The Hall–Kier alpha value is -3.54. The second kappa shape index (κ2) is 9.84. The SMILES string of the molecule is COc1cccc2[nH]c(C(=O)N3CC4(CCCCC4)CC3C(=O)N[C@H](C#N)CC3CCNC3=O)cc12. The minimum Gasteiger partial charge on any atom is -0.496 e. The van der Waals surface area contributed by atoms with Crippen molar-refractivity contribution in [1.82, 2.24) is 20.5 Å². The van der Waals surface area contributed by atoms with E-state index in [-0.39, 0.29) is 35.5 Å². The van der Waals surface area contributed by atoms with Gasteiger partial charge in [0.05, 0.1) is 13.2 Å². The Morgan fingerprint density at radius 1 is 1.31 bits per heavy atom. The third-order valence-electron chi connectivity index (χ3n) is 8.22. The number of methoxy groups -OCH3 is 1. The van der Waals surface area contributed by atoms with Crippen LogP contribution in [0.5, 0.6) is 5.75 Å². The Kier molecular flexibility index (Phi) is 6.61. The molecule has 190 valence electrons. The number of H-pyrrole nitrogens is 1. The second-order valence-corrected chi connectivity index (χ2v) is 10.5. The van der Waals surface area contributed by atoms with E-state index in [1.165, 1.54) is 6.42 Å². The fraction of sp³-hybridized carbons (Fsp3) is 0.556. The number of aromatic nitrogens is 1. The van der Waals surface area contributed by atoms with Crippen LogP contribution in [0.3, 0.4) is 0 Å². The van der Waals surface area contributed by atoms with E-state index in [0.29, 0.717) is 37.4 Å². The van der Waals surface area contributed by atoms with E-state index in [4.69, 9.17) is 4.74 Å². The van der Waals surface area contributed by atoms with Crippen LogP contribution in [0.4, 0.5) is 0 Å². The lowest BCUT2D eigenvalue weighted by Crippen LogP contribution is -2.49. The molecule has 0 bridgehead atoms.